The zero-order chi connectivity index (χ0) is 12.7. The molecule has 2 nitrogen and oxygen atoms in total. The molecule has 0 amide bonds. The zero-order valence-electron chi connectivity index (χ0n) is 10.6. The molecular weight excluding hydrogens is 217 g/mol. The van der Waals surface area contributed by atoms with Gasteiger partial charge in [-0.2, -0.15) is 0 Å². The number of ether oxygens (including phenoxy) is 1. The van der Waals surface area contributed by atoms with Crippen molar-refractivity contribution in [3.63, 3.8) is 0 Å². The van der Waals surface area contributed by atoms with E-state index < -0.39 is 0 Å². The van der Waals surface area contributed by atoms with Crippen molar-refractivity contribution < 1.29 is 9.13 Å². The Labute approximate surface area is 102 Å². The number of nitrogens with one attached hydrogen (secondary N) is 1. The molecule has 0 unspecified atom stereocenters. The molecule has 1 aromatic rings. The summed E-state index contributed by atoms with van der Waals surface area (Å²) in [6.45, 7) is 9.76. The van der Waals surface area contributed by atoms with E-state index in [1.54, 1.807) is 6.07 Å². The summed E-state index contributed by atoms with van der Waals surface area (Å²) in [5, 5.41) is 3.15. The van der Waals surface area contributed by atoms with E-state index in [1.165, 1.54) is 6.07 Å². The van der Waals surface area contributed by atoms with Gasteiger partial charge in [0.05, 0.1) is 0 Å². The minimum atomic E-state index is -0.315. The Morgan fingerprint density at radius 2 is 2.18 bits per heavy atom. The van der Waals surface area contributed by atoms with Gasteiger partial charge in [-0.25, -0.2) is 4.39 Å². The number of rotatable bonds is 7. The Balaban J connectivity index is 2.59. The second kappa shape index (κ2) is 7.07. The van der Waals surface area contributed by atoms with Gasteiger partial charge in [-0.1, -0.05) is 26.5 Å². The molecule has 0 aliphatic rings. The minimum absolute atomic E-state index is 0.292. The third-order valence-corrected chi connectivity index (χ3v) is 2.51. The first-order valence-electron chi connectivity index (χ1n) is 5.96. The molecule has 0 spiro atoms. The van der Waals surface area contributed by atoms with Gasteiger partial charge < -0.3 is 10.1 Å². The average Bonchev–Trinajstić information content (AvgIpc) is 2.34. The standard InChI is InChI=1S/C14H20FNO/c1-4-11(3)10-17-14-7-6-12(8-13(14)15)9-16-5-2/h6-8,16H,3-5,9-10H2,1-2H3. The quantitative estimate of drug-likeness (QED) is 0.735. The maximum Gasteiger partial charge on any atom is 0.165 e. The van der Waals surface area contributed by atoms with Crippen molar-refractivity contribution in [3.8, 4) is 5.75 Å². The van der Waals surface area contributed by atoms with Gasteiger partial charge in [0.2, 0.25) is 0 Å². The average molecular weight is 237 g/mol. The number of hydrogen-bond donors (Lipinski definition) is 1. The van der Waals surface area contributed by atoms with Crippen LogP contribution >= 0.6 is 0 Å². The summed E-state index contributed by atoms with van der Waals surface area (Å²) in [4.78, 5) is 0. The van der Waals surface area contributed by atoms with Crippen LogP contribution in [-0.4, -0.2) is 13.2 Å². The van der Waals surface area contributed by atoms with E-state index in [4.69, 9.17) is 4.74 Å². The smallest absolute Gasteiger partial charge is 0.165 e. The van der Waals surface area contributed by atoms with Crippen LogP contribution in [0.3, 0.4) is 0 Å². The SMILES string of the molecule is C=C(CC)COc1ccc(CNCC)cc1F. The Hall–Kier alpha value is -1.35. The van der Waals surface area contributed by atoms with Gasteiger partial charge in [-0.05, 0) is 36.2 Å². The summed E-state index contributed by atoms with van der Waals surface area (Å²) in [7, 11) is 0. The first-order chi connectivity index (χ1) is 8.17. The number of hydrogen-bond acceptors (Lipinski definition) is 2. The van der Waals surface area contributed by atoms with Crippen LogP contribution in [-0.2, 0) is 6.54 Å². The molecule has 1 N–H and O–H groups in total. The lowest BCUT2D eigenvalue weighted by Crippen LogP contribution is -2.12. The third-order valence-electron chi connectivity index (χ3n) is 2.51. The van der Waals surface area contributed by atoms with Crippen molar-refractivity contribution in [2.45, 2.75) is 26.8 Å². The first kappa shape index (κ1) is 13.7. The van der Waals surface area contributed by atoms with Crippen molar-refractivity contribution in [1.29, 1.82) is 0 Å². The highest BCUT2D eigenvalue weighted by Crippen LogP contribution is 2.19. The molecule has 3 heteroatoms. The molecule has 0 saturated heterocycles. The van der Waals surface area contributed by atoms with Crippen LogP contribution in [0.5, 0.6) is 5.75 Å². The second-order valence-electron chi connectivity index (χ2n) is 3.94. The predicted molar refractivity (Wildman–Crippen MR) is 68.7 cm³/mol. The van der Waals surface area contributed by atoms with Gasteiger partial charge in [-0.3, -0.25) is 0 Å². The van der Waals surface area contributed by atoms with Gasteiger partial charge in [0.15, 0.2) is 11.6 Å². The van der Waals surface area contributed by atoms with Gasteiger partial charge in [-0.15, -0.1) is 0 Å². The van der Waals surface area contributed by atoms with E-state index in [-0.39, 0.29) is 5.82 Å². The van der Waals surface area contributed by atoms with E-state index in [9.17, 15) is 4.39 Å². The summed E-state index contributed by atoms with van der Waals surface area (Å²) >= 11 is 0. The molecule has 0 aromatic heterocycles. The zero-order valence-corrected chi connectivity index (χ0v) is 10.6. The molecule has 1 aromatic carbocycles. The van der Waals surface area contributed by atoms with Crippen LogP contribution in [0.2, 0.25) is 0 Å². The van der Waals surface area contributed by atoms with Crippen molar-refractivity contribution in [1.82, 2.24) is 5.32 Å². The monoisotopic (exact) mass is 237 g/mol. The lowest BCUT2D eigenvalue weighted by atomic mass is 10.2. The fraction of sp³-hybridized carbons (Fsp3) is 0.429. The highest BCUT2D eigenvalue weighted by Gasteiger charge is 2.05. The van der Waals surface area contributed by atoms with Crippen LogP contribution in [0.4, 0.5) is 4.39 Å². The molecule has 0 heterocycles. The van der Waals surface area contributed by atoms with E-state index >= 15 is 0 Å². The van der Waals surface area contributed by atoms with Crippen LogP contribution in [0.1, 0.15) is 25.8 Å². The molecule has 17 heavy (non-hydrogen) atoms. The molecule has 0 bridgehead atoms. The lowest BCUT2D eigenvalue weighted by molar-refractivity contribution is 0.329. The fourth-order valence-electron chi connectivity index (χ4n) is 1.32. The Bertz CT molecular complexity index is 376. The van der Waals surface area contributed by atoms with Gasteiger partial charge in [0.1, 0.15) is 6.61 Å². The molecule has 94 valence electrons. The summed E-state index contributed by atoms with van der Waals surface area (Å²) < 4.78 is 19.0. The maximum atomic E-state index is 13.6. The first-order valence-corrected chi connectivity index (χ1v) is 5.96. The molecule has 0 aliphatic carbocycles. The number of halogens is 1. The topological polar surface area (TPSA) is 21.3 Å². The fourth-order valence-corrected chi connectivity index (χ4v) is 1.32. The largest absolute Gasteiger partial charge is 0.486 e. The highest BCUT2D eigenvalue weighted by atomic mass is 19.1. The van der Waals surface area contributed by atoms with Gasteiger partial charge >= 0.3 is 0 Å². The Kier molecular flexibility index (Phi) is 5.70. The van der Waals surface area contributed by atoms with Crippen LogP contribution in [0.25, 0.3) is 0 Å². The predicted octanol–water partition coefficient (Wildman–Crippen LogP) is 3.28. The minimum Gasteiger partial charge on any atom is -0.486 e. The van der Waals surface area contributed by atoms with Gasteiger partial charge in [0, 0.05) is 6.54 Å². The van der Waals surface area contributed by atoms with E-state index in [1.807, 2.05) is 19.9 Å². The highest BCUT2D eigenvalue weighted by molar-refractivity contribution is 5.29. The van der Waals surface area contributed by atoms with E-state index in [0.717, 1.165) is 24.1 Å². The molecule has 1 rings (SSSR count). The summed E-state index contributed by atoms with van der Waals surface area (Å²) in [6.07, 6.45) is 0.847. The van der Waals surface area contributed by atoms with Crippen molar-refractivity contribution in [3.05, 3.63) is 41.7 Å². The molecule has 0 atom stereocenters. The van der Waals surface area contributed by atoms with E-state index in [2.05, 4.69) is 11.9 Å². The Morgan fingerprint density at radius 3 is 2.76 bits per heavy atom. The van der Waals surface area contributed by atoms with Crippen LogP contribution in [0.15, 0.2) is 30.4 Å². The lowest BCUT2D eigenvalue weighted by Gasteiger charge is -2.09. The van der Waals surface area contributed by atoms with Crippen molar-refractivity contribution in [2.75, 3.05) is 13.2 Å². The Morgan fingerprint density at radius 1 is 1.41 bits per heavy atom. The summed E-state index contributed by atoms with van der Waals surface area (Å²) in [5.74, 6) is -0.0239. The molecule has 0 radical (unpaired) electrons. The molecule has 0 saturated carbocycles. The van der Waals surface area contributed by atoms with Crippen LogP contribution < -0.4 is 10.1 Å². The van der Waals surface area contributed by atoms with Crippen molar-refractivity contribution >= 4 is 0 Å². The maximum absolute atomic E-state index is 13.6. The third kappa shape index (κ3) is 4.57. The molecular formula is C14H20FNO. The van der Waals surface area contributed by atoms with E-state index in [0.29, 0.717) is 18.9 Å². The summed E-state index contributed by atoms with van der Waals surface area (Å²) in [6, 6.07) is 5.05. The van der Waals surface area contributed by atoms with Crippen LogP contribution in [0, 0.1) is 5.82 Å². The van der Waals surface area contributed by atoms with Gasteiger partial charge in [0.25, 0.3) is 0 Å². The molecule has 0 fully saturated rings. The second-order valence-corrected chi connectivity index (χ2v) is 3.94. The molecule has 0 aliphatic heterocycles. The summed E-state index contributed by atoms with van der Waals surface area (Å²) in [5.41, 5.74) is 1.88. The number of benzene rings is 1. The normalized spacial score (nSPS) is 10.3. The van der Waals surface area contributed by atoms with Crippen molar-refractivity contribution in [2.24, 2.45) is 0 Å².